The second-order valence-corrected chi connectivity index (χ2v) is 4.13. The summed E-state index contributed by atoms with van der Waals surface area (Å²) in [5.74, 6) is -1.00. The van der Waals surface area contributed by atoms with E-state index in [1.54, 1.807) is 18.3 Å². The summed E-state index contributed by atoms with van der Waals surface area (Å²) in [6, 6.07) is 3.16. The molecule has 1 aromatic rings. The highest BCUT2D eigenvalue weighted by atomic mass is 16.4. The van der Waals surface area contributed by atoms with E-state index in [1.807, 2.05) is 0 Å². The molecule has 1 saturated carbocycles. The van der Waals surface area contributed by atoms with Crippen LogP contribution in [0, 0.1) is 0 Å². The van der Waals surface area contributed by atoms with Crippen LogP contribution in [0.3, 0.4) is 0 Å². The molecule has 2 N–H and O–H groups in total. The Balaban J connectivity index is 1.87. The van der Waals surface area contributed by atoms with Crippen LogP contribution in [0.1, 0.15) is 18.5 Å². The molecule has 0 aliphatic heterocycles. The molecule has 0 atom stereocenters. The maximum absolute atomic E-state index is 11.8. The molecule has 1 aliphatic rings. The monoisotopic (exact) mass is 250 g/mol. The first-order valence-electron chi connectivity index (χ1n) is 5.69. The molecule has 2 amide bonds. The summed E-state index contributed by atoms with van der Waals surface area (Å²) in [5.41, 5.74) is 0.636. The number of rotatable bonds is 5. The quantitative estimate of drug-likeness (QED) is 0.780. The number of hydrogen-bond acceptors (Lipinski definition) is 4. The Kier molecular flexibility index (Phi) is 3.71. The number of nitrogens with one attached hydrogen (secondary N) is 1. The van der Waals surface area contributed by atoms with Gasteiger partial charge in [-0.25, -0.2) is 4.79 Å². The number of aliphatic carboxylic acids is 1. The SMILES string of the molecule is O=C(O)CN(C(=O)NCc1cccnn1)C1CC1. The largest absolute Gasteiger partial charge is 0.480 e. The Morgan fingerprint density at radius 1 is 1.50 bits per heavy atom. The molecule has 7 nitrogen and oxygen atoms in total. The van der Waals surface area contributed by atoms with Gasteiger partial charge in [0.2, 0.25) is 0 Å². The number of urea groups is 1. The number of carbonyl (C=O) groups excluding carboxylic acids is 1. The van der Waals surface area contributed by atoms with Crippen molar-refractivity contribution >= 4 is 12.0 Å². The summed E-state index contributed by atoms with van der Waals surface area (Å²) in [4.78, 5) is 23.9. The summed E-state index contributed by atoms with van der Waals surface area (Å²) in [7, 11) is 0. The minimum Gasteiger partial charge on any atom is -0.480 e. The van der Waals surface area contributed by atoms with Crippen molar-refractivity contribution in [1.29, 1.82) is 0 Å². The van der Waals surface area contributed by atoms with Gasteiger partial charge in [-0.2, -0.15) is 10.2 Å². The van der Waals surface area contributed by atoms with Gasteiger partial charge in [0.1, 0.15) is 6.54 Å². The first-order valence-corrected chi connectivity index (χ1v) is 5.69. The van der Waals surface area contributed by atoms with E-state index in [0.29, 0.717) is 5.69 Å². The van der Waals surface area contributed by atoms with Gasteiger partial charge in [-0.15, -0.1) is 0 Å². The second kappa shape index (κ2) is 5.44. The minimum absolute atomic E-state index is 0.0583. The lowest BCUT2D eigenvalue weighted by atomic mass is 10.4. The van der Waals surface area contributed by atoms with Crippen LogP contribution in [0.2, 0.25) is 0 Å². The fourth-order valence-electron chi connectivity index (χ4n) is 1.59. The molecule has 0 unspecified atom stereocenters. The van der Waals surface area contributed by atoms with Gasteiger partial charge >= 0.3 is 12.0 Å². The van der Waals surface area contributed by atoms with E-state index in [4.69, 9.17) is 5.11 Å². The van der Waals surface area contributed by atoms with Gasteiger partial charge in [0.25, 0.3) is 0 Å². The standard InChI is InChI=1S/C11H14N4O3/c16-10(17)7-15(9-3-4-9)11(18)12-6-8-2-1-5-13-14-8/h1-2,5,9H,3-4,6-7H2,(H,12,18)(H,16,17). The Morgan fingerprint density at radius 2 is 2.28 bits per heavy atom. The summed E-state index contributed by atoms with van der Waals surface area (Å²) < 4.78 is 0. The predicted octanol–water partition coefficient (Wildman–Crippen LogP) is 0.235. The Morgan fingerprint density at radius 3 is 2.83 bits per heavy atom. The molecule has 7 heteroatoms. The van der Waals surface area contributed by atoms with Crippen molar-refractivity contribution in [3.63, 3.8) is 0 Å². The van der Waals surface area contributed by atoms with Gasteiger partial charge in [-0.1, -0.05) is 0 Å². The van der Waals surface area contributed by atoms with Crippen molar-refractivity contribution in [1.82, 2.24) is 20.4 Å². The van der Waals surface area contributed by atoms with Crippen LogP contribution in [-0.2, 0) is 11.3 Å². The number of carboxylic acid groups (broad SMARTS) is 1. The highest BCUT2D eigenvalue weighted by molar-refractivity contribution is 5.80. The number of carbonyl (C=O) groups is 2. The van der Waals surface area contributed by atoms with Crippen LogP contribution >= 0.6 is 0 Å². The molecule has 1 aromatic heterocycles. The molecule has 18 heavy (non-hydrogen) atoms. The van der Waals surface area contributed by atoms with Crippen molar-refractivity contribution < 1.29 is 14.7 Å². The van der Waals surface area contributed by atoms with Crippen LogP contribution in [0.5, 0.6) is 0 Å². The number of nitrogens with zero attached hydrogens (tertiary/aromatic N) is 3. The number of amides is 2. The lowest BCUT2D eigenvalue weighted by molar-refractivity contribution is -0.137. The van der Waals surface area contributed by atoms with Crippen molar-refractivity contribution in [3.8, 4) is 0 Å². The van der Waals surface area contributed by atoms with Gasteiger partial charge in [0.05, 0.1) is 12.2 Å². The molecule has 1 heterocycles. The van der Waals surface area contributed by atoms with Crippen LogP contribution < -0.4 is 5.32 Å². The predicted molar refractivity (Wildman–Crippen MR) is 61.6 cm³/mol. The fraction of sp³-hybridized carbons (Fsp3) is 0.455. The maximum Gasteiger partial charge on any atom is 0.323 e. The van der Waals surface area contributed by atoms with Crippen LogP contribution in [0.4, 0.5) is 4.79 Å². The Labute approximate surface area is 104 Å². The molecule has 0 spiro atoms. The van der Waals surface area contributed by atoms with Crippen molar-refractivity contribution in [2.45, 2.75) is 25.4 Å². The minimum atomic E-state index is -1.00. The number of aromatic nitrogens is 2. The summed E-state index contributed by atoms with van der Waals surface area (Å²) in [5, 5.41) is 18.9. The van der Waals surface area contributed by atoms with E-state index in [-0.39, 0.29) is 25.2 Å². The first-order chi connectivity index (χ1) is 8.66. The van der Waals surface area contributed by atoms with Crippen LogP contribution in [-0.4, -0.2) is 44.8 Å². The molecule has 0 bridgehead atoms. The molecule has 0 aromatic carbocycles. The molecule has 2 rings (SSSR count). The van der Waals surface area contributed by atoms with Gasteiger partial charge in [0.15, 0.2) is 0 Å². The van der Waals surface area contributed by atoms with Gasteiger partial charge < -0.3 is 15.3 Å². The topological polar surface area (TPSA) is 95.4 Å². The third-order valence-corrected chi connectivity index (χ3v) is 2.60. The average molecular weight is 250 g/mol. The number of carboxylic acids is 1. The highest BCUT2D eigenvalue weighted by Gasteiger charge is 2.33. The maximum atomic E-state index is 11.8. The van der Waals surface area contributed by atoms with E-state index in [1.165, 1.54) is 4.90 Å². The van der Waals surface area contributed by atoms with E-state index in [0.717, 1.165) is 12.8 Å². The summed E-state index contributed by atoms with van der Waals surface area (Å²) in [6.45, 7) is -0.0213. The van der Waals surface area contributed by atoms with Gasteiger partial charge in [-0.05, 0) is 25.0 Å². The van der Waals surface area contributed by atoms with Crippen molar-refractivity contribution in [2.24, 2.45) is 0 Å². The zero-order valence-corrected chi connectivity index (χ0v) is 9.74. The normalized spacial score (nSPS) is 14.0. The fourth-order valence-corrected chi connectivity index (χ4v) is 1.59. The Hall–Kier alpha value is -2.18. The molecule has 0 saturated heterocycles. The highest BCUT2D eigenvalue weighted by Crippen LogP contribution is 2.26. The van der Waals surface area contributed by atoms with Gasteiger partial charge in [0, 0.05) is 12.2 Å². The third-order valence-electron chi connectivity index (χ3n) is 2.60. The molecule has 1 fully saturated rings. The molecule has 96 valence electrons. The Bertz CT molecular complexity index is 433. The lowest BCUT2D eigenvalue weighted by Gasteiger charge is -2.20. The van der Waals surface area contributed by atoms with E-state index in [2.05, 4.69) is 15.5 Å². The van der Waals surface area contributed by atoms with E-state index >= 15 is 0 Å². The second-order valence-electron chi connectivity index (χ2n) is 4.13. The zero-order valence-electron chi connectivity index (χ0n) is 9.74. The van der Waals surface area contributed by atoms with Crippen LogP contribution in [0.15, 0.2) is 18.3 Å². The van der Waals surface area contributed by atoms with Crippen LogP contribution in [0.25, 0.3) is 0 Å². The smallest absolute Gasteiger partial charge is 0.323 e. The third kappa shape index (κ3) is 3.41. The summed E-state index contributed by atoms with van der Waals surface area (Å²) >= 11 is 0. The molecule has 0 radical (unpaired) electrons. The zero-order chi connectivity index (χ0) is 13.0. The van der Waals surface area contributed by atoms with E-state index < -0.39 is 5.97 Å². The molecular formula is C11H14N4O3. The van der Waals surface area contributed by atoms with Crippen molar-refractivity contribution in [3.05, 3.63) is 24.0 Å². The lowest BCUT2D eigenvalue weighted by Crippen LogP contribution is -2.43. The first kappa shape index (κ1) is 12.3. The van der Waals surface area contributed by atoms with Crippen molar-refractivity contribution in [2.75, 3.05) is 6.54 Å². The van der Waals surface area contributed by atoms with Gasteiger partial charge in [-0.3, -0.25) is 4.79 Å². The summed E-state index contributed by atoms with van der Waals surface area (Å²) in [6.07, 6.45) is 3.28. The average Bonchev–Trinajstić information content (AvgIpc) is 3.18. The number of hydrogen-bond donors (Lipinski definition) is 2. The molecular weight excluding hydrogens is 236 g/mol. The molecule has 1 aliphatic carbocycles. The van der Waals surface area contributed by atoms with E-state index in [9.17, 15) is 9.59 Å².